The molecule has 0 bridgehead atoms. The first-order chi connectivity index (χ1) is 10.6. The first-order valence-corrected chi connectivity index (χ1v) is 8.87. The smallest absolute Gasteiger partial charge is 0.255 e. The molecule has 2 aromatic carbocycles. The second kappa shape index (κ2) is 6.71. The van der Waals surface area contributed by atoms with E-state index in [0.29, 0.717) is 27.2 Å². The van der Waals surface area contributed by atoms with Crippen LogP contribution in [0.3, 0.4) is 0 Å². The highest BCUT2D eigenvalue weighted by Gasteiger charge is 2.32. The second-order valence-corrected chi connectivity index (χ2v) is 7.36. The van der Waals surface area contributed by atoms with Crippen LogP contribution in [0.4, 0.5) is 0 Å². The topological polar surface area (TPSA) is 20.3 Å². The van der Waals surface area contributed by atoms with Crippen molar-refractivity contribution in [3.05, 3.63) is 68.7 Å². The number of hydrogen-bond acceptors (Lipinski definition) is 2. The standard InChI is InChI=1S/C16H12Cl3NOS/c17-11-3-1-10(2-4-11)15(21)20-7-8-22-16(20)13-6-5-12(18)9-14(13)19/h1-6,9,16H,7-8H2. The molecular weight excluding hydrogens is 361 g/mol. The molecule has 1 fully saturated rings. The third-order valence-electron chi connectivity index (χ3n) is 3.47. The van der Waals surface area contributed by atoms with E-state index in [1.54, 1.807) is 48.2 Å². The maximum Gasteiger partial charge on any atom is 0.255 e. The van der Waals surface area contributed by atoms with Crippen molar-refractivity contribution in [2.75, 3.05) is 12.3 Å². The predicted octanol–water partition coefficient (Wildman–Crippen LogP) is 5.53. The molecular formula is C16H12Cl3NOS. The van der Waals surface area contributed by atoms with Crippen molar-refractivity contribution in [1.82, 2.24) is 4.90 Å². The maximum absolute atomic E-state index is 12.7. The van der Waals surface area contributed by atoms with Crippen LogP contribution in [0.15, 0.2) is 42.5 Å². The highest BCUT2D eigenvalue weighted by molar-refractivity contribution is 7.99. The fourth-order valence-corrected chi connectivity index (χ4v) is 4.39. The van der Waals surface area contributed by atoms with Gasteiger partial charge in [-0.05, 0) is 36.4 Å². The van der Waals surface area contributed by atoms with E-state index in [0.717, 1.165) is 11.3 Å². The third-order valence-corrected chi connectivity index (χ3v) is 5.53. The van der Waals surface area contributed by atoms with Gasteiger partial charge in [-0.3, -0.25) is 4.79 Å². The number of carbonyl (C=O) groups is 1. The van der Waals surface area contributed by atoms with Crippen LogP contribution in [0.25, 0.3) is 0 Å². The predicted molar refractivity (Wildman–Crippen MR) is 94.1 cm³/mol. The van der Waals surface area contributed by atoms with Gasteiger partial charge >= 0.3 is 0 Å². The number of benzene rings is 2. The monoisotopic (exact) mass is 371 g/mol. The Morgan fingerprint density at radius 1 is 1.05 bits per heavy atom. The van der Waals surface area contributed by atoms with Crippen molar-refractivity contribution in [2.45, 2.75) is 5.37 Å². The van der Waals surface area contributed by atoms with Crippen LogP contribution >= 0.6 is 46.6 Å². The molecule has 22 heavy (non-hydrogen) atoms. The lowest BCUT2D eigenvalue weighted by molar-refractivity contribution is 0.0760. The molecule has 0 aliphatic carbocycles. The molecule has 0 spiro atoms. The highest BCUT2D eigenvalue weighted by atomic mass is 35.5. The van der Waals surface area contributed by atoms with Gasteiger partial charge in [0.1, 0.15) is 5.37 Å². The number of thioether (sulfide) groups is 1. The van der Waals surface area contributed by atoms with Gasteiger partial charge in [0.05, 0.1) is 0 Å². The molecule has 1 aliphatic heterocycles. The Hall–Kier alpha value is -0.870. The summed E-state index contributed by atoms with van der Waals surface area (Å²) in [6.07, 6.45) is 0. The number of nitrogens with zero attached hydrogens (tertiary/aromatic N) is 1. The fraction of sp³-hybridized carbons (Fsp3) is 0.188. The molecule has 114 valence electrons. The SMILES string of the molecule is O=C(c1ccc(Cl)cc1)N1CCSC1c1ccc(Cl)cc1Cl. The molecule has 1 unspecified atom stereocenters. The molecule has 0 aromatic heterocycles. The summed E-state index contributed by atoms with van der Waals surface area (Å²) in [6, 6.07) is 12.3. The lowest BCUT2D eigenvalue weighted by Gasteiger charge is -2.25. The Labute approximate surface area is 148 Å². The van der Waals surface area contributed by atoms with Crippen molar-refractivity contribution in [3.63, 3.8) is 0 Å². The van der Waals surface area contributed by atoms with E-state index in [4.69, 9.17) is 34.8 Å². The summed E-state index contributed by atoms with van der Waals surface area (Å²) in [4.78, 5) is 14.6. The average molecular weight is 373 g/mol. The number of hydrogen-bond donors (Lipinski definition) is 0. The second-order valence-electron chi connectivity index (χ2n) is 4.89. The van der Waals surface area contributed by atoms with E-state index in [9.17, 15) is 4.79 Å². The zero-order valence-corrected chi connectivity index (χ0v) is 14.5. The van der Waals surface area contributed by atoms with E-state index in [2.05, 4.69) is 0 Å². The Bertz CT molecular complexity index is 705. The van der Waals surface area contributed by atoms with Crippen molar-refractivity contribution in [1.29, 1.82) is 0 Å². The summed E-state index contributed by atoms with van der Waals surface area (Å²) >= 11 is 19.8. The van der Waals surface area contributed by atoms with Gasteiger partial charge in [-0.15, -0.1) is 11.8 Å². The van der Waals surface area contributed by atoms with Gasteiger partial charge in [-0.2, -0.15) is 0 Å². The summed E-state index contributed by atoms with van der Waals surface area (Å²) in [5.74, 6) is 0.862. The summed E-state index contributed by atoms with van der Waals surface area (Å²) in [7, 11) is 0. The zero-order valence-electron chi connectivity index (χ0n) is 11.4. The van der Waals surface area contributed by atoms with Crippen LogP contribution in [-0.4, -0.2) is 23.1 Å². The molecule has 0 radical (unpaired) electrons. The van der Waals surface area contributed by atoms with Crippen LogP contribution in [-0.2, 0) is 0 Å². The van der Waals surface area contributed by atoms with Crippen molar-refractivity contribution in [2.24, 2.45) is 0 Å². The van der Waals surface area contributed by atoms with Crippen molar-refractivity contribution < 1.29 is 4.79 Å². The molecule has 1 atom stereocenters. The Morgan fingerprint density at radius 3 is 2.41 bits per heavy atom. The Balaban J connectivity index is 1.89. The van der Waals surface area contributed by atoms with Gasteiger partial charge in [0, 0.05) is 38.5 Å². The van der Waals surface area contributed by atoms with E-state index in [1.807, 2.05) is 11.0 Å². The first kappa shape index (κ1) is 16.0. The first-order valence-electron chi connectivity index (χ1n) is 6.69. The number of amides is 1. The highest BCUT2D eigenvalue weighted by Crippen LogP contribution is 2.42. The van der Waals surface area contributed by atoms with Crippen molar-refractivity contribution >= 4 is 52.5 Å². The third kappa shape index (κ3) is 3.23. The molecule has 6 heteroatoms. The normalized spacial score (nSPS) is 17.8. The molecule has 1 heterocycles. The molecule has 2 aromatic rings. The summed E-state index contributed by atoms with van der Waals surface area (Å²) in [6.45, 7) is 0.690. The minimum absolute atomic E-state index is 0.0160. The average Bonchev–Trinajstić information content (AvgIpc) is 2.96. The van der Waals surface area contributed by atoms with Crippen LogP contribution < -0.4 is 0 Å². The van der Waals surface area contributed by atoms with Crippen molar-refractivity contribution in [3.8, 4) is 0 Å². The van der Waals surface area contributed by atoms with Crippen LogP contribution in [0.1, 0.15) is 21.3 Å². The molecule has 1 aliphatic rings. The lowest BCUT2D eigenvalue weighted by atomic mass is 10.1. The summed E-state index contributed by atoms with van der Waals surface area (Å²) in [5.41, 5.74) is 1.54. The minimum atomic E-state index is -0.0899. The fourth-order valence-electron chi connectivity index (χ4n) is 2.40. The van der Waals surface area contributed by atoms with E-state index in [1.165, 1.54) is 0 Å². The molecule has 0 saturated carbocycles. The molecule has 2 nitrogen and oxygen atoms in total. The summed E-state index contributed by atoms with van der Waals surface area (Å²) in [5, 5.41) is 1.70. The summed E-state index contributed by atoms with van der Waals surface area (Å²) < 4.78 is 0. The van der Waals surface area contributed by atoms with Gasteiger partial charge in [0.15, 0.2) is 0 Å². The number of carbonyl (C=O) groups excluding carboxylic acids is 1. The van der Waals surface area contributed by atoms with Crippen LogP contribution in [0.2, 0.25) is 15.1 Å². The van der Waals surface area contributed by atoms with Gasteiger partial charge in [-0.1, -0.05) is 40.9 Å². The Morgan fingerprint density at radius 2 is 1.73 bits per heavy atom. The Kier molecular flexibility index (Phi) is 4.88. The molecule has 3 rings (SSSR count). The van der Waals surface area contributed by atoms with E-state index < -0.39 is 0 Å². The largest absolute Gasteiger partial charge is 0.322 e. The minimum Gasteiger partial charge on any atom is -0.322 e. The van der Waals surface area contributed by atoms with Gasteiger partial charge in [0.2, 0.25) is 0 Å². The number of rotatable bonds is 2. The van der Waals surface area contributed by atoms with Gasteiger partial charge in [0.25, 0.3) is 5.91 Å². The number of halogens is 3. The molecule has 0 N–H and O–H groups in total. The van der Waals surface area contributed by atoms with E-state index in [-0.39, 0.29) is 11.3 Å². The molecule has 1 amide bonds. The van der Waals surface area contributed by atoms with Crippen LogP contribution in [0.5, 0.6) is 0 Å². The van der Waals surface area contributed by atoms with E-state index >= 15 is 0 Å². The van der Waals surface area contributed by atoms with Gasteiger partial charge < -0.3 is 4.90 Å². The zero-order chi connectivity index (χ0) is 15.7. The maximum atomic E-state index is 12.7. The quantitative estimate of drug-likeness (QED) is 0.690. The molecule has 1 saturated heterocycles. The van der Waals surface area contributed by atoms with Crippen LogP contribution in [0, 0.1) is 0 Å². The van der Waals surface area contributed by atoms with Gasteiger partial charge in [-0.25, -0.2) is 0 Å². The lowest BCUT2D eigenvalue weighted by Crippen LogP contribution is -2.30.